The van der Waals surface area contributed by atoms with Gasteiger partial charge < -0.3 is 10.3 Å². The number of hydrogen-bond acceptors (Lipinski definition) is 3. The van der Waals surface area contributed by atoms with Crippen molar-refractivity contribution in [3.63, 3.8) is 0 Å². The molecule has 3 rings (SSSR count). The van der Waals surface area contributed by atoms with Crippen LogP contribution in [0.5, 0.6) is 0 Å². The number of nitrogens with one attached hydrogen (secondary N) is 2. The molecule has 2 aromatic carbocycles. The predicted molar refractivity (Wildman–Crippen MR) is 106 cm³/mol. The van der Waals surface area contributed by atoms with Crippen LogP contribution in [0.3, 0.4) is 0 Å². The average molecular weight is 365 g/mol. The summed E-state index contributed by atoms with van der Waals surface area (Å²) in [5, 5.41) is 3.41. The second-order valence-electron chi connectivity index (χ2n) is 6.58. The van der Waals surface area contributed by atoms with Crippen molar-refractivity contribution in [2.24, 2.45) is 0 Å². The Bertz CT molecular complexity index is 1090. The fourth-order valence-corrected chi connectivity index (χ4v) is 3.14. The lowest BCUT2D eigenvalue weighted by Crippen LogP contribution is -2.34. The molecule has 27 heavy (non-hydrogen) atoms. The average Bonchev–Trinajstić information content (AvgIpc) is 2.66. The van der Waals surface area contributed by atoms with E-state index in [1.165, 1.54) is 0 Å². The summed E-state index contributed by atoms with van der Waals surface area (Å²) in [6.45, 7) is 6.06. The Morgan fingerprint density at radius 1 is 1.11 bits per heavy atom. The van der Waals surface area contributed by atoms with E-state index in [0.717, 1.165) is 22.1 Å². The minimum atomic E-state index is -0.473. The van der Waals surface area contributed by atoms with Crippen LogP contribution in [-0.2, 0) is 6.54 Å². The maximum absolute atomic E-state index is 12.7. The Morgan fingerprint density at radius 3 is 2.44 bits per heavy atom. The van der Waals surface area contributed by atoms with Crippen molar-refractivity contribution in [1.29, 1.82) is 0 Å². The van der Waals surface area contributed by atoms with Gasteiger partial charge in [0, 0.05) is 12.1 Å². The lowest BCUT2D eigenvalue weighted by atomic mass is 10.0. The Hall–Kier alpha value is -3.15. The molecule has 1 amide bonds. The zero-order chi connectivity index (χ0) is 19.6. The van der Waals surface area contributed by atoms with Gasteiger partial charge >= 0.3 is 5.69 Å². The topological polar surface area (TPSA) is 84.0 Å². The summed E-state index contributed by atoms with van der Waals surface area (Å²) in [6, 6.07) is 12.7. The number of aromatic amines is 1. The van der Waals surface area contributed by atoms with E-state index < -0.39 is 5.69 Å². The third-order valence-corrected chi connectivity index (χ3v) is 4.75. The number of rotatable bonds is 5. The fraction of sp³-hybridized carbons (Fsp3) is 0.286. The molecule has 2 N–H and O–H groups in total. The van der Waals surface area contributed by atoms with Crippen molar-refractivity contribution in [3.05, 3.63) is 80.0 Å². The molecule has 0 fully saturated rings. The third kappa shape index (κ3) is 3.69. The molecule has 0 saturated heterocycles. The smallest absolute Gasteiger partial charge is 0.328 e. The molecule has 6 nitrogen and oxygen atoms in total. The monoisotopic (exact) mass is 365 g/mol. The van der Waals surface area contributed by atoms with E-state index in [2.05, 4.69) is 10.3 Å². The molecular formula is C21H23N3O3. The normalized spacial score (nSPS) is 12.1. The van der Waals surface area contributed by atoms with Crippen LogP contribution in [0.15, 0.2) is 52.1 Å². The van der Waals surface area contributed by atoms with E-state index in [4.69, 9.17) is 0 Å². The molecule has 0 aliphatic rings. The summed E-state index contributed by atoms with van der Waals surface area (Å²) in [4.78, 5) is 39.7. The summed E-state index contributed by atoms with van der Waals surface area (Å²) in [5.74, 6) is -0.246. The number of aryl methyl sites for hydroxylation is 1. The molecule has 1 atom stereocenters. The maximum atomic E-state index is 12.7. The van der Waals surface area contributed by atoms with Crippen molar-refractivity contribution >= 4 is 16.8 Å². The minimum Gasteiger partial charge on any atom is -0.345 e. The standard InChI is InChI=1S/C21H23N3O3/c1-4-17(14-8-6-13(3)7-9-14)22-19(25)15-10-11-16-18(12-15)23-21(27)24(5-2)20(16)26/h6-12,17H,4-5H2,1-3H3,(H,22,25)(H,23,27). The fourth-order valence-electron chi connectivity index (χ4n) is 3.14. The molecule has 1 aromatic heterocycles. The van der Waals surface area contributed by atoms with E-state index in [9.17, 15) is 14.4 Å². The number of aromatic nitrogens is 2. The van der Waals surface area contributed by atoms with Crippen LogP contribution < -0.4 is 16.6 Å². The Balaban J connectivity index is 1.92. The number of H-pyrrole nitrogens is 1. The van der Waals surface area contributed by atoms with Gasteiger partial charge in [-0.05, 0) is 44.0 Å². The van der Waals surface area contributed by atoms with Gasteiger partial charge in [-0.1, -0.05) is 36.8 Å². The molecule has 0 spiro atoms. The molecule has 140 valence electrons. The highest BCUT2D eigenvalue weighted by Crippen LogP contribution is 2.18. The maximum Gasteiger partial charge on any atom is 0.328 e. The number of fused-ring (bicyclic) bond motifs is 1. The van der Waals surface area contributed by atoms with Gasteiger partial charge in [0.1, 0.15) is 0 Å². The molecule has 0 bridgehead atoms. The van der Waals surface area contributed by atoms with Crippen LogP contribution in [0, 0.1) is 6.92 Å². The number of amides is 1. The first-order valence-corrected chi connectivity index (χ1v) is 9.09. The number of nitrogens with zero attached hydrogens (tertiary/aromatic N) is 1. The number of carbonyl (C=O) groups excluding carboxylic acids is 1. The Morgan fingerprint density at radius 2 is 1.81 bits per heavy atom. The number of carbonyl (C=O) groups is 1. The molecule has 0 aliphatic heterocycles. The van der Waals surface area contributed by atoms with Crippen molar-refractivity contribution in [3.8, 4) is 0 Å². The lowest BCUT2D eigenvalue weighted by Gasteiger charge is -2.18. The highest BCUT2D eigenvalue weighted by Gasteiger charge is 2.15. The molecule has 0 aliphatic carbocycles. The minimum absolute atomic E-state index is 0.110. The molecule has 1 heterocycles. The van der Waals surface area contributed by atoms with Gasteiger partial charge in [0.2, 0.25) is 0 Å². The van der Waals surface area contributed by atoms with Gasteiger partial charge in [0.15, 0.2) is 0 Å². The summed E-state index contributed by atoms with van der Waals surface area (Å²) >= 11 is 0. The zero-order valence-corrected chi connectivity index (χ0v) is 15.7. The first-order valence-electron chi connectivity index (χ1n) is 9.09. The van der Waals surface area contributed by atoms with Crippen LogP contribution in [0.25, 0.3) is 10.9 Å². The van der Waals surface area contributed by atoms with Crippen molar-refractivity contribution < 1.29 is 4.79 Å². The van der Waals surface area contributed by atoms with Gasteiger partial charge in [-0.2, -0.15) is 0 Å². The van der Waals surface area contributed by atoms with E-state index >= 15 is 0 Å². The van der Waals surface area contributed by atoms with Gasteiger partial charge in [-0.25, -0.2) is 4.79 Å². The van der Waals surface area contributed by atoms with E-state index in [1.807, 2.05) is 38.1 Å². The molecule has 0 radical (unpaired) electrons. The van der Waals surface area contributed by atoms with Crippen molar-refractivity contribution in [2.45, 2.75) is 39.8 Å². The summed E-state index contributed by atoms with van der Waals surface area (Å²) in [5.41, 5.74) is 2.14. The van der Waals surface area contributed by atoms with Gasteiger partial charge in [0.05, 0.1) is 16.9 Å². The molecule has 0 saturated carbocycles. The number of hydrogen-bond donors (Lipinski definition) is 2. The second kappa shape index (κ2) is 7.61. The largest absolute Gasteiger partial charge is 0.345 e. The van der Waals surface area contributed by atoms with E-state index in [0.29, 0.717) is 23.0 Å². The van der Waals surface area contributed by atoms with Gasteiger partial charge in [0.25, 0.3) is 11.5 Å². The van der Waals surface area contributed by atoms with Crippen molar-refractivity contribution in [2.75, 3.05) is 0 Å². The van der Waals surface area contributed by atoms with Gasteiger partial charge in [-0.15, -0.1) is 0 Å². The Kier molecular flexibility index (Phi) is 5.26. The molecule has 3 aromatic rings. The quantitative estimate of drug-likeness (QED) is 0.729. The van der Waals surface area contributed by atoms with Crippen LogP contribution in [-0.4, -0.2) is 15.5 Å². The molecule has 6 heteroatoms. The van der Waals surface area contributed by atoms with Crippen molar-refractivity contribution in [1.82, 2.24) is 14.9 Å². The highest BCUT2D eigenvalue weighted by atomic mass is 16.2. The Labute approximate surface area is 156 Å². The first kappa shape index (κ1) is 18.6. The van der Waals surface area contributed by atoms with Gasteiger partial charge in [-0.3, -0.25) is 14.2 Å². The van der Waals surface area contributed by atoms with Crippen LogP contribution in [0.4, 0.5) is 0 Å². The molecular weight excluding hydrogens is 342 g/mol. The first-order chi connectivity index (χ1) is 12.9. The third-order valence-electron chi connectivity index (χ3n) is 4.75. The summed E-state index contributed by atoms with van der Waals surface area (Å²) < 4.78 is 1.13. The predicted octanol–water partition coefficient (Wildman–Crippen LogP) is 2.90. The zero-order valence-electron chi connectivity index (χ0n) is 15.7. The van der Waals surface area contributed by atoms with Crippen LogP contribution in [0.1, 0.15) is 47.8 Å². The second-order valence-corrected chi connectivity index (χ2v) is 6.58. The molecule has 1 unspecified atom stereocenters. The van der Waals surface area contributed by atoms with Crippen LogP contribution in [0.2, 0.25) is 0 Å². The number of benzene rings is 2. The van der Waals surface area contributed by atoms with E-state index in [-0.39, 0.29) is 17.5 Å². The highest BCUT2D eigenvalue weighted by molar-refractivity contribution is 5.97. The van der Waals surface area contributed by atoms with Crippen LogP contribution >= 0.6 is 0 Å². The van der Waals surface area contributed by atoms with E-state index in [1.54, 1.807) is 25.1 Å². The summed E-state index contributed by atoms with van der Waals surface area (Å²) in [6.07, 6.45) is 0.750. The SMILES string of the molecule is CCC(NC(=O)c1ccc2c(=O)n(CC)c(=O)[nH]c2c1)c1ccc(C)cc1. The lowest BCUT2D eigenvalue weighted by molar-refractivity contribution is 0.0935. The summed E-state index contributed by atoms with van der Waals surface area (Å²) in [7, 11) is 0.